The highest BCUT2D eigenvalue weighted by Crippen LogP contribution is 2.29. The van der Waals surface area contributed by atoms with Crippen LogP contribution in [-0.4, -0.2) is 24.5 Å². The topological polar surface area (TPSA) is 67.4 Å². The highest BCUT2D eigenvalue weighted by atomic mass is 19.4. The molecule has 2 rings (SSSR count). The molecule has 0 heterocycles. The summed E-state index contributed by atoms with van der Waals surface area (Å²) in [6.07, 6.45) is -0.556. The van der Waals surface area contributed by atoms with Gasteiger partial charge in [0.15, 0.2) is 6.61 Å². The molecule has 2 N–H and O–H groups in total. The third-order valence-electron chi connectivity index (χ3n) is 3.54. The lowest BCUT2D eigenvalue weighted by Gasteiger charge is -2.12. The van der Waals surface area contributed by atoms with Crippen LogP contribution in [0, 0.1) is 0 Å². The van der Waals surface area contributed by atoms with Gasteiger partial charge in [-0.2, -0.15) is 13.2 Å². The molecule has 0 atom stereocenters. The van der Waals surface area contributed by atoms with E-state index < -0.39 is 17.6 Å². The van der Waals surface area contributed by atoms with Gasteiger partial charge in [-0.1, -0.05) is 18.9 Å². The van der Waals surface area contributed by atoms with Gasteiger partial charge < -0.3 is 5.32 Å². The smallest absolute Gasteiger partial charge is 0.351 e. The Morgan fingerprint density at radius 1 is 1.22 bits per heavy atom. The standard InChI is InChI=1S/C15H17F3N2O3/c16-15(17,18)11-5-3-4-10(8-11)14(22)20-23-9-13(21)19-12-6-1-2-7-12/h3-5,8,12H,1-2,6-7,9H2,(H,19,21)(H,20,22). The number of hydrogen-bond acceptors (Lipinski definition) is 3. The van der Waals surface area contributed by atoms with Crippen molar-refractivity contribution in [2.45, 2.75) is 37.9 Å². The first kappa shape index (κ1) is 17.3. The molecular formula is C15H17F3N2O3. The Bertz CT molecular complexity index is 569. The van der Waals surface area contributed by atoms with Gasteiger partial charge in [-0.25, -0.2) is 5.48 Å². The monoisotopic (exact) mass is 330 g/mol. The van der Waals surface area contributed by atoms with Gasteiger partial charge in [0.05, 0.1) is 5.56 Å². The van der Waals surface area contributed by atoms with Crippen LogP contribution < -0.4 is 10.8 Å². The number of amides is 2. The van der Waals surface area contributed by atoms with Crippen molar-refractivity contribution in [2.75, 3.05) is 6.61 Å². The van der Waals surface area contributed by atoms with Gasteiger partial charge in [-0.05, 0) is 31.0 Å². The minimum atomic E-state index is -4.53. The Balaban J connectivity index is 1.79. The van der Waals surface area contributed by atoms with Crippen molar-refractivity contribution in [1.29, 1.82) is 0 Å². The second-order valence-electron chi connectivity index (χ2n) is 5.35. The number of rotatable bonds is 5. The molecule has 0 aromatic heterocycles. The van der Waals surface area contributed by atoms with Crippen LogP contribution in [0.5, 0.6) is 0 Å². The molecular weight excluding hydrogens is 313 g/mol. The van der Waals surface area contributed by atoms with Crippen LogP contribution in [0.15, 0.2) is 24.3 Å². The van der Waals surface area contributed by atoms with Crippen molar-refractivity contribution in [1.82, 2.24) is 10.8 Å². The first-order valence-electron chi connectivity index (χ1n) is 7.25. The highest BCUT2D eigenvalue weighted by molar-refractivity contribution is 5.93. The fraction of sp³-hybridized carbons (Fsp3) is 0.467. The van der Waals surface area contributed by atoms with E-state index in [4.69, 9.17) is 4.84 Å². The second-order valence-corrected chi connectivity index (χ2v) is 5.35. The van der Waals surface area contributed by atoms with E-state index in [0.717, 1.165) is 43.9 Å². The Hall–Kier alpha value is -2.09. The molecule has 1 aliphatic carbocycles. The molecule has 0 spiro atoms. The van der Waals surface area contributed by atoms with Gasteiger partial charge >= 0.3 is 6.18 Å². The predicted octanol–water partition coefficient (Wildman–Crippen LogP) is 2.43. The number of halogens is 3. The molecule has 0 aliphatic heterocycles. The van der Waals surface area contributed by atoms with E-state index in [1.807, 2.05) is 5.48 Å². The average Bonchev–Trinajstić information content (AvgIpc) is 2.99. The normalized spacial score (nSPS) is 15.4. The first-order chi connectivity index (χ1) is 10.9. The van der Waals surface area contributed by atoms with Crippen molar-refractivity contribution < 1.29 is 27.6 Å². The molecule has 0 bridgehead atoms. The van der Waals surface area contributed by atoms with E-state index in [9.17, 15) is 22.8 Å². The van der Waals surface area contributed by atoms with Gasteiger partial charge in [0.1, 0.15) is 0 Å². The van der Waals surface area contributed by atoms with Crippen LogP contribution in [-0.2, 0) is 15.8 Å². The van der Waals surface area contributed by atoms with Crippen molar-refractivity contribution in [3.05, 3.63) is 35.4 Å². The lowest BCUT2D eigenvalue weighted by atomic mass is 10.1. The van der Waals surface area contributed by atoms with Gasteiger partial charge in [0.2, 0.25) is 5.91 Å². The molecule has 1 fully saturated rings. The molecule has 0 radical (unpaired) electrons. The van der Waals surface area contributed by atoms with Gasteiger partial charge in [0, 0.05) is 11.6 Å². The molecule has 1 saturated carbocycles. The molecule has 23 heavy (non-hydrogen) atoms. The summed E-state index contributed by atoms with van der Waals surface area (Å²) in [5, 5.41) is 2.76. The van der Waals surface area contributed by atoms with E-state index in [1.54, 1.807) is 0 Å². The lowest BCUT2D eigenvalue weighted by molar-refractivity contribution is -0.137. The molecule has 8 heteroatoms. The van der Waals surface area contributed by atoms with E-state index in [1.165, 1.54) is 6.07 Å². The molecule has 126 valence electrons. The summed E-state index contributed by atoms with van der Waals surface area (Å²) in [5.41, 5.74) is 0.841. The van der Waals surface area contributed by atoms with Crippen molar-refractivity contribution >= 4 is 11.8 Å². The Labute approximate surface area is 131 Å². The zero-order valence-electron chi connectivity index (χ0n) is 12.3. The maximum atomic E-state index is 12.6. The maximum Gasteiger partial charge on any atom is 0.416 e. The van der Waals surface area contributed by atoms with Crippen LogP contribution >= 0.6 is 0 Å². The van der Waals surface area contributed by atoms with Gasteiger partial charge in [-0.3, -0.25) is 14.4 Å². The molecule has 5 nitrogen and oxygen atoms in total. The third kappa shape index (κ3) is 5.24. The number of alkyl halides is 3. The molecule has 0 saturated heterocycles. The van der Waals surface area contributed by atoms with Crippen LogP contribution in [0.25, 0.3) is 0 Å². The number of hydrogen-bond donors (Lipinski definition) is 2. The number of hydroxylamine groups is 1. The third-order valence-corrected chi connectivity index (χ3v) is 3.54. The predicted molar refractivity (Wildman–Crippen MR) is 75.3 cm³/mol. The summed E-state index contributed by atoms with van der Waals surface area (Å²) < 4.78 is 37.7. The van der Waals surface area contributed by atoms with E-state index in [-0.39, 0.29) is 24.1 Å². The van der Waals surface area contributed by atoms with Crippen LogP contribution in [0.3, 0.4) is 0 Å². The molecule has 2 amide bonds. The zero-order chi connectivity index (χ0) is 16.9. The van der Waals surface area contributed by atoms with Crippen LogP contribution in [0.1, 0.15) is 41.6 Å². The second kappa shape index (κ2) is 7.45. The molecule has 0 unspecified atom stereocenters. The number of carbonyl (C=O) groups is 2. The highest BCUT2D eigenvalue weighted by Gasteiger charge is 2.30. The molecule has 1 aromatic rings. The number of carbonyl (C=O) groups excluding carboxylic acids is 2. The van der Waals surface area contributed by atoms with Crippen molar-refractivity contribution in [3.63, 3.8) is 0 Å². The summed E-state index contributed by atoms with van der Waals surface area (Å²) >= 11 is 0. The summed E-state index contributed by atoms with van der Waals surface area (Å²) in [5.74, 6) is -1.22. The minimum absolute atomic E-state index is 0.130. The van der Waals surface area contributed by atoms with E-state index in [2.05, 4.69) is 5.32 Å². The minimum Gasteiger partial charge on any atom is -0.351 e. The van der Waals surface area contributed by atoms with E-state index in [0.29, 0.717) is 0 Å². The fourth-order valence-electron chi connectivity index (χ4n) is 2.40. The number of benzene rings is 1. The molecule has 1 aliphatic rings. The Morgan fingerprint density at radius 2 is 1.91 bits per heavy atom. The van der Waals surface area contributed by atoms with Gasteiger partial charge in [-0.15, -0.1) is 0 Å². The summed E-state index contributed by atoms with van der Waals surface area (Å²) in [6.45, 7) is -0.388. The summed E-state index contributed by atoms with van der Waals surface area (Å²) in [4.78, 5) is 28.0. The van der Waals surface area contributed by atoms with Crippen LogP contribution in [0.4, 0.5) is 13.2 Å². The quantitative estimate of drug-likeness (QED) is 0.815. The van der Waals surface area contributed by atoms with Crippen molar-refractivity contribution in [3.8, 4) is 0 Å². The van der Waals surface area contributed by atoms with E-state index >= 15 is 0 Å². The first-order valence-corrected chi connectivity index (χ1v) is 7.25. The fourth-order valence-corrected chi connectivity index (χ4v) is 2.40. The average molecular weight is 330 g/mol. The summed E-state index contributed by atoms with van der Waals surface area (Å²) in [7, 11) is 0. The Kier molecular flexibility index (Phi) is 5.59. The number of nitrogens with one attached hydrogen (secondary N) is 2. The Morgan fingerprint density at radius 3 is 2.57 bits per heavy atom. The molecule has 1 aromatic carbocycles. The van der Waals surface area contributed by atoms with Crippen molar-refractivity contribution in [2.24, 2.45) is 0 Å². The maximum absolute atomic E-state index is 12.6. The van der Waals surface area contributed by atoms with Gasteiger partial charge in [0.25, 0.3) is 5.91 Å². The zero-order valence-corrected chi connectivity index (χ0v) is 12.3. The summed E-state index contributed by atoms with van der Waals surface area (Å²) in [6, 6.07) is 4.08. The largest absolute Gasteiger partial charge is 0.416 e. The van der Waals surface area contributed by atoms with Crippen LogP contribution in [0.2, 0.25) is 0 Å². The SMILES string of the molecule is O=C(CONC(=O)c1cccc(C(F)(F)F)c1)NC1CCCC1. The lowest BCUT2D eigenvalue weighted by Crippen LogP contribution is -2.37.